The first-order chi connectivity index (χ1) is 10.2. The van der Waals surface area contributed by atoms with Crippen molar-refractivity contribution in [3.8, 4) is 0 Å². The molecule has 1 aromatic rings. The van der Waals surface area contributed by atoms with E-state index in [0.717, 1.165) is 5.56 Å². The minimum absolute atomic E-state index is 0.140. The molecule has 0 aliphatic rings. The highest BCUT2D eigenvalue weighted by Crippen LogP contribution is 2.09. The lowest BCUT2D eigenvalue weighted by molar-refractivity contribution is -0.137. The van der Waals surface area contributed by atoms with Gasteiger partial charge in [0, 0.05) is 32.4 Å². The zero-order valence-corrected chi connectivity index (χ0v) is 10.3. The fourth-order valence-corrected chi connectivity index (χ4v) is 1.31. The third kappa shape index (κ3) is 15.5. The normalized spacial score (nSPS) is 9.05. The summed E-state index contributed by atoms with van der Waals surface area (Å²) < 4.78 is 48.0. The molecular formula is C10H11F6N3O2. The second kappa shape index (κ2) is 19.9. The molecule has 0 spiro atoms. The van der Waals surface area contributed by atoms with Gasteiger partial charge in [0.2, 0.25) is 0 Å². The van der Waals surface area contributed by atoms with Gasteiger partial charge in [-0.15, -0.1) is 0 Å². The number of benzene rings is 1. The van der Waals surface area contributed by atoms with Crippen molar-refractivity contribution in [2.45, 2.75) is 18.9 Å². The van der Waals surface area contributed by atoms with E-state index in [2.05, 4.69) is 10.0 Å². The number of carbonyl (C=O) groups is 1. The SMILES string of the molecule is FF.FF.FF.[N-]=[N+]=N[C@@H](CC(=O)O)Cc1ccccc1. The molecule has 1 atom stereocenters. The van der Waals surface area contributed by atoms with Crippen molar-refractivity contribution >= 4 is 5.97 Å². The van der Waals surface area contributed by atoms with Crippen LogP contribution in [0.4, 0.5) is 27.4 Å². The number of hydrogen-bond acceptors (Lipinski definition) is 2. The van der Waals surface area contributed by atoms with Crippen LogP contribution in [-0.4, -0.2) is 17.1 Å². The molecule has 120 valence electrons. The van der Waals surface area contributed by atoms with E-state index in [0.29, 0.717) is 6.42 Å². The highest BCUT2D eigenvalue weighted by Gasteiger charge is 2.11. The lowest BCUT2D eigenvalue weighted by Crippen LogP contribution is -2.13. The van der Waals surface area contributed by atoms with Gasteiger partial charge in [-0.05, 0) is 17.5 Å². The monoisotopic (exact) mass is 319 g/mol. The van der Waals surface area contributed by atoms with E-state index in [-0.39, 0.29) is 6.42 Å². The molecule has 1 rings (SSSR count). The van der Waals surface area contributed by atoms with Crippen LogP contribution in [0, 0.1) is 0 Å². The standard InChI is InChI=1S/C10H11N3O2.3F2/c11-13-12-9(7-10(14)15)6-8-4-2-1-3-5-8;3*1-2/h1-5,9H,6-7H2,(H,14,15);;;/t9-;;;/m1.../s1. The second-order valence-corrected chi connectivity index (χ2v) is 3.15. The van der Waals surface area contributed by atoms with E-state index >= 15 is 0 Å². The highest BCUT2D eigenvalue weighted by atomic mass is 20.0. The number of carboxylic acid groups (broad SMARTS) is 1. The number of nitrogens with zero attached hydrogens (tertiary/aromatic N) is 3. The summed E-state index contributed by atoms with van der Waals surface area (Å²) >= 11 is 0. The van der Waals surface area contributed by atoms with Crippen LogP contribution in [0.1, 0.15) is 12.0 Å². The minimum atomic E-state index is -0.955. The van der Waals surface area contributed by atoms with Crippen LogP contribution in [0.15, 0.2) is 35.4 Å². The predicted molar refractivity (Wildman–Crippen MR) is 62.0 cm³/mol. The Balaban J connectivity index is -0.000000478. The Morgan fingerprint density at radius 1 is 1.14 bits per heavy atom. The predicted octanol–water partition coefficient (Wildman–Crippen LogP) is 4.90. The maximum absolute atomic E-state index is 10.5. The van der Waals surface area contributed by atoms with Crippen molar-refractivity contribution < 1.29 is 37.3 Å². The molecule has 0 saturated heterocycles. The average Bonchev–Trinajstić information content (AvgIpc) is 2.54. The summed E-state index contributed by atoms with van der Waals surface area (Å²) in [6.45, 7) is 0. The molecule has 0 aliphatic carbocycles. The number of aliphatic carboxylic acids is 1. The summed E-state index contributed by atoms with van der Waals surface area (Å²) in [4.78, 5) is 13.1. The van der Waals surface area contributed by atoms with Gasteiger partial charge in [-0.2, -0.15) is 0 Å². The first kappa shape index (κ1) is 23.7. The summed E-state index contributed by atoms with van der Waals surface area (Å²) in [6, 6.07) is 8.84. The van der Waals surface area contributed by atoms with Gasteiger partial charge in [-0.3, -0.25) is 4.79 Å². The van der Waals surface area contributed by atoms with Crippen LogP contribution in [0.3, 0.4) is 0 Å². The summed E-state index contributed by atoms with van der Waals surface area (Å²) in [7, 11) is 0. The van der Waals surface area contributed by atoms with E-state index in [1.165, 1.54) is 0 Å². The van der Waals surface area contributed by atoms with Crippen LogP contribution < -0.4 is 0 Å². The Morgan fingerprint density at radius 2 is 1.62 bits per heavy atom. The Bertz CT molecular complexity index is 390. The molecule has 1 N–H and O–H groups in total. The molecule has 21 heavy (non-hydrogen) atoms. The third-order valence-electron chi connectivity index (χ3n) is 1.94. The first-order valence-corrected chi connectivity index (χ1v) is 4.95. The molecular weight excluding hydrogens is 308 g/mol. The van der Waals surface area contributed by atoms with E-state index in [1.807, 2.05) is 30.3 Å². The zero-order valence-electron chi connectivity index (χ0n) is 10.3. The number of carboxylic acids is 1. The summed E-state index contributed by atoms with van der Waals surface area (Å²) in [5, 5.41) is 12.1. The van der Waals surface area contributed by atoms with Gasteiger partial charge in [0.25, 0.3) is 0 Å². The van der Waals surface area contributed by atoms with Crippen molar-refractivity contribution in [2.24, 2.45) is 5.11 Å². The van der Waals surface area contributed by atoms with E-state index in [4.69, 9.17) is 38.1 Å². The number of azide groups is 1. The molecule has 1 aromatic carbocycles. The smallest absolute Gasteiger partial charge is 0.303 e. The average molecular weight is 319 g/mol. The van der Waals surface area contributed by atoms with E-state index < -0.39 is 12.0 Å². The highest BCUT2D eigenvalue weighted by molar-refractivity contribution is 5.67. The molecule has 0 amide bonds. The van der Waals surface area contributed by atoms with Crippen LogP contribution in [0.2, 0.25) is 0 Å². The molecule has 5 nitrogen and oxygen atoms in total. The molecule has 11 heteroatoms. The second-order valence-electron chi connectivity index (χ2n) is 3.15. The summed E-state index contributed by atoms with van der Waals surface area (Å²) in [6.07, 6.45) is 0.316. The molecule has 0 unspecified atom stereocenters. The summed E-state index contributed by atoms with van der Waals surface area (Å²) in [5.41, 5.74) is 9.26. The van der Waals surface area contributed by atoms with Gasteiger partial charge in [0.1, 0.15) is 0 Å². The lowest BCUT2D eigenvalue weighted by atomic mass is 10.0. The van der Waals surface area contributed by atoms with Gasteiger partial charge >= 0.3 is 5.97 Å². The van der Waals surface area contributed by atoms with Crippen molar-refractivity contribution in [1.82, 2.24) is 0 Å². The largest absolute Gasteiger partial charge is 0.481 e. The fourth-order valence-electron chi connectivity index (χ4n) is 1.31. The van der Waals surface area contributed by atoms with Gasteiger partial charge in [0.05, 0.1) is 12.5 Å². The van der Waals surface area contributed by atoms with Crippen molar-refractivity contribution in [2.75, 3.05) is 0 Å². The van der Waals surface area contributed by atoms with Gasteiger partial charge in [-0.1, -0.05) is 35.4 Å². The number of hydrogen-bond donors (Lipinski definition) is 1. The van der Waals surface area contributed by atoms with Crippen LogP contribution >= 0.6 is 0 Å². The van der Waals surface area contributed by atoms with Crippen molar-refractivity contribution in [3.63, 3.8) is 0 Å². The van der Waals surface area contributed by atoms with Crippen LogP contribution in [0.25, 0.3) is 10.4 Å². The Morgan fingerprint density at radius 3 is 2.00 bits per heavy atom. The molecule has 0 bridgehead atoms. The summed E-state index contributed by atoms with van der Waals surface area (Å²) in [5.74, 6) is -0.955. The number of rotatable bonds is 5. The maximum Gasteiger partial charge on any atom is 0.303 e. The maximum atomic E-state index is 10.5. The van der Waals surface area contributed by atoms with Crippen LogP contribution in [-0.2, 0) is 11.2 Å². The molecule has 0 aliphatic heterocycles. The van der Waals surface area contributed by atoms with Gasteiger partial charge in [0.15, 0.2) is 0 Å². The lowest BCUT2D eigenvalue weighted by Gasteiger charge is -2.07. The van der Waals surface area contributed by atoms with Gasteiger partial charge < -0.3 is 5.11 Å². The Kier molecular flexibility index (Phi) is 22.4. The topological polar surface area (TPSA) is 86.1 Å². The fraction of sp³-hybridized carbons (Fsp3) is 0.300. The zero-order chi connectivity index (χ0) is 17.1. The van der Waals surface area contributed by atoms with Gasteiger partial charge in [-0.25, -0.2) is 0 Å². The van der Waals surface area contributed by atoms with E-state index in [1.54, 1.807) is 0 Å². The number of halogens is 6. The quantitative estimate of drug-likeness (QED) is 0.362. The molecule has 0 aromatic heterocycles. The molecule has 0 fully saturated rings. The van der Waals surface area contributed by atoms with Crippen LogP contribution in [0.5, 0.6) is 0 Å². The molecule has 0 radical (unpaired) electrons. The Labute approximate surface area is 115 Å². The van der Waals surface area contributed by atoms with Crippen molar-refractivity contribution in [3.05, 3.63) is 46.3 Å². The van der Waals surface area contributed by atoms with Crippen molar-refractivity contribution in [1.29, 1.82) is 0 Å². The molecule has 0 heterocycles. The third-order valence-corrected chi connectivity index (χ3v) is 1.94. The minimum Gasteiger partial charge on any atom is -0.481 e. The first-order valence-electron chi connectivity index (χ1n) is 4.95. The van der Waals surface area contributed by atoms with E-state index in [9.17, 15) is 4.79 Å². The Hall–Kier alpha value is -2.42. The molecule has 0 saturated carbocycles.